The molecule has 0 saturated carbocycles. The molecular formula is C16H17F2N3O3. The van der Waals surface area contributed by atoms with E-state index in [1.807, 2.05) is 0 Å². The summed E-state index contributed by atoms with van der Waals surface area (Å²) in [5.41, 5.74) is 0.258. The number of amides is 3. The maximum absolute atomic E-state index is 13.6. The van der Waals surface area contributed by atoms with Gasteiger partial charge in [0.25, 0.3) is 0 Å². The molecule has 2 N–H and O–H groups in total. The summed E-state index contributed by atoms with van der Waals surface area (Å²) in [6, 6.07) is 5.96. The van der Waals surface area contributed by atoms with Crippen LogP contribution in [0.25, 0.3) is 0 Å². The first-order chi connectivity index (χ1) is 11.4. The zero-order valence-corrected chi connectivity index (χ0v) is 13.0. The molecule has 1 aromatic carbocycles. The smallest absolute Gasteiger partial charge is 0.321 e. The third kappa shape index (κ3) is 5.47. The predicted octanol–water partition coefficient (Wildman–Crippen LogP) is 2.02. The van der Waals surface area contributed by atoms with Gasteiger partial charge in [-0.05, 0) is 25.2 Å². The minimum Gasteiger partial charge on any atom is -0.467 e. The number of hydrogen-bond donors (Lipinski definition) is 2. The highest BCUT2D eigenvalue weighted by atomic mass is 19.1. The van der Waals surface area contributed by atoms with Gasteiger partial charge in [-0.3, -0.25) is 15.0 Å². The molecule has 0 spiro atoms. The van der Waals surface area contributed by atoms with Crippen LogP contribution in [-0.4, -0.2) is 30.4 Å². The van der Waals surface area contributed by atoms with Gasteiger partial charge in [0.1, 0.15) is 17.4 Å². The van der Waals surface area contributed by atoms with E-state index in [1.165, 1.54) is 17.2 Å². The lowest BCUT2D eigenvalue weighted by atomic mass is 10.2. The number of benzene rings is 1. The van der Waals surface area contributed by atoms with Gasteiger partial charge in [0, 0.05) is 18.2 Å². The summed E-state index contributed by atoms with van der Waals surface area (Å²) < 4.78 is 31.4. The van der Waals surface area contributed by atoms with E-state index < -0.39 is 23.6 Å². The molecule has 0 unspecified atom stereocenters. The number of nitrogens with zero attached hydrogens (tertiary/aromatic N) is 1. The molecule has 3 amide bonds. The quantitative estimate of drug-likeness (QED) is 0.846. The molecule has 0 bridgehead atoms. The van der Waals surface area contributed by atoms with Gasteiger partial charge in [-0.15, -0.1) is 0 Å². The Bertz CT molecular complexity index is 705. The van der Waals surface area contributed by atoms with E-state index in [0.29, 0.717) is 5.76 Å². The Morgan fingerprint density at radius 2 is 2.04 bits per heavy atom. The van der Waals surface area contributed by atoms with Crippen LogP contribution in [0, 0.1) is 11.6 Å². The highest BCUT2D eigenvalue weighted by Crippen LogP contribution is 2.11. The van der Waals surface area contributed by atoms with Gasteiger partial charge in [0.15, 0.2) is 0 Å². The summed E-state index contributed by atoms with van der Waals surface area (Å²) >= 11 is 0. The second-order valence-electron chi connectivity index (χ2n) is 5.22. The number of hydrogen-bond acceptors (Lipinski definition) is 4. The second-order valence-corrected chi connectivity index (χ2v) is 5.22. The molecule has 0 saturated heterocycles. The van der Waals surface area contributed by atoms with Crippen LogP contribution >= 0.6 is 0 Å². The molecule has 128 valence electrons. The normalized spacial score (nSPS) is 10.7. The highest BCUT2D eigenvalue weighted by molar-refractivity contribution is 5.95. The summed E-state index contributed by atoms with van der Waals surface area (Å²) in [7, 11) is 1.59. The number of rotatable bonds is 6. The van der Waals surface area contributed by atoms with Gasteiger partial charge in [-0.25, -0.2) is 13.6 Å². The minimum atomic E-state index is -0.682. The number of urea groups is 1. The Kier molecular flexibility index (Phi) is 6.02. The van der Waals surface area contributed by atoms with E-state index >= 15 is 0 Å². The van der Waals surface area contributed by atoms with Crippen molar-refractivity contribution in [3.8, 4) is 0 Å². The second kappa shape index (κ2) is 8.21. The lowest BCUT2D eigenvalue weighted by Gasteiger charge is -2.16. The van der Waals surface area contributed by atoms with Gasteiger partial charge in [0.05, 0.1) is 19.4 Å². The Hall–Kier alpha value is -2.74. The van der Waals surface area contributed by atoms with E-state index in [4.69, 9.17) is 4.42 Å². The Morgan fingerprint density at radius 3 is 2.71 bits per heavy atom. The topological polar surface area (TPSA) is 74.6 Å². The fraction of sp³-hybridized carbons (Fsp3) is 0.250. The molecule has 8 heteroatoms. The number of halogens is 2. The average molecular weight is 337 g/mol. The van der Waals surface area contributed by atoms with Gasteiger partial charge in [0.2, 0.25) is 5.91 Å². The largest absolute Gasteiger partial charge is 0.467 e. The van der Waals surface area contributed by atoms with Crippen LogP contribution in [0.3, 0.4) is 0 Å². The Morgan fingerprint density at radius 1 is 1.25 bits per heavy atom. The summed E-state index contributed by atoms with van der Waals surface area (Å²) in [5.74, 6) is -1.33. The maximum Gasteiger partial charge on any atom is 0.321 e. The number of likely N-dealkylation sites (N-methyl/N-ethyl adjacent to an activating group) is 1. The highest BCUT2D eigenvalue weighted by Gasteiger charge is 2.13. The Labute approximate surface area is 137 Å². The molecule has 6 nitrogen and oxygen atoms in total. The van der Waals surface area contributed by atoms with Crippen LogP contribution in [0.15, 0.2) is 41.0 Å². The molecule has 0 atom stereocenters. The van der Waals surface area contributed by atoms with Crippen molar-refractivity contribution in [2.45, 2.75) is 13.1 Å². The third-order valence-corrected chi connectivity index (χ3v) is 3.13. The Balaban J connectivity index is 1.75. The lowest BCUT2D eigenvalue weighted by Crippen LogP contribution is -2.43. The zero-order valence-electron chi connectivity index (χ0n) is 13.0. The molecule has 0 fully saturated rings. The van der Waals surface area contributed by atoms with Crippen LogP contribution in [0.1, 0.15) is 11.3 Å². The molecule has 2 rings (SSSR count). The van der Waals surface area contributed by atoms with Crippen LogP contribution in [-0.2, 0) is 17.9 Å². The van der Waals surface area contributed by atoms with Crippen molar-refractivity contribution in [1.29, 1.82) is 0 Å². The first kappa shape index (κ1) is 17.6. The molecule has 2 aromatic rings. The standard InChI is InChI=1S/C16H17F2N3O3/c1-21(9-11-4-5-12(17)7-14(11)18)10-15(22)20-16(23)19-8-13-3-2-6-24-13/h2-7H,8-10H2,1H3,(H2,19,20,22,23). The SMILES string of the molecule is CN(CC(=O)NC(=O)NCc1ccco1)Cc1ccc(F)cc1F. The van der Waals surface area contributed by atoms with Crippen LogP contribution in [0.5, 0.6) is 0 Å². The van der Waals surface area contributed by atoms with Gasteiger partial charge in [-0.2, -0.15) is 0 Å². The van der Waals surface area contributed by atoms with Crippen molar-refractivity contribution in [3.05, 3.63) is 59.6 Å². The van der Waals surface area contributed by atoms with Crippen molar-refractivity contribution < 1.29 is 22.8 Å². The van der Waals surface area contributed by atoms with Crippen LogP contribution in [0.4, 0.5) is 13.6 Å². The first-order valence-corrected chi connectivity index (χ1v) is 7.16. The maximum atomic E-state index is 13.6. The lowest BCUT2D eigenvalue weighted by molar-refractivity contribution is -0.121. The van der Waals surface area contributed by atoms with Gasteiger partial charge < -0.3 is 9.73 Å². The number of furan rings is 1. The minimum absolute atomic E-state index is 0.105. The van der Waals surface area contributed by atoms with Crippen molar-refractivity contribution >= 4 is 11.9 Å². The number of imide groups is 1. The number of nitrogens with one attached hydrogen (secondary N) is 2. The average Bonchev–Trinajstić information content (AvgIpc) is 3.01. The summed E-state index contributed by atoms with van der Waals surface area (Å²) in [6.07, 6.45) is 1.48. The predicted molar refractivity (Wildman–Crippen MR) is 81.8 cm³/mol. The van der Waals surface area contributed by atoms with E-state index in [0.717, 1.165) is 12.1 Å². The third-order valence-electron chi connectivity index (χ3n) is 3.13. The van der Waals surface area contributed by atoms with Crippen molar-refractivity contribution in [3.63, 3.8) is 0 Å². The summed E-state index contributed by atoms with van der Waals surface area (Å²) in [6.45, 7) is 0.140. The molecule has 0 aliphatic carbocycles. The van der Waals surface area contributed by atoms with E-state index in [1.54, 1.807) is 19.2 Å². The molecule has 0 aliphatic heterocycles. The van der Waals surface area contributed by atoms with Crippen LogP contribution < -0.4 is 10.6 Å². The van der Waals surface area contributed by atoms with E-state index in [2.05, 4.69) is 10.6 Å². The van der Waals surface area contributed by atoms with Gasteiger partial charge in [-0.1, -0.05) is 6.07 Å². The zero-order chi connectivity index (χ0) is 17.5. The van der Waals surface area contributed by atoms with Crippen molar-refractivity contribution in [2.75, 3.05) is 13.6 Å². The molecule has 0 aliphatic rings. The van der Waals surface area contributed by atoms with Crippen molar-refractivity contribution in [2.24, 2.45) is 0 Å². The van der Waals surface area contributed by atoms with Crippen molar-refractivity contribution in [1.82, 2.24) is 15.5 Å². The number of carbonyl (C=O) groups is 2. The van der Waals surface area contributed by atoms with E-state index in [9.17, 15) is 18.4 Å². The first-order valence-electron chi connectivity index (χ1n) is 7.16. The molecular weight excluding hydrogens is 320 g/mol. The number of carbonyl (C=O) groups excluding carboxylic acids is 2. The monoisotopic (exact) mass is 337 g/mol. The molecule has 24 heavy (non-hydrogen) atoms. The fourth-order valence-corrected chi connectivity index (χ4v) is 2.03. The molecule has 1 aromatic heterocycles. The molecule has 0 radical (unpaired) electrons. The van der Waals surface area contributed by atoms with Crippen LogP contribution in [0.2, 0.25) is 0 Å². The van der Waals surface area contributed by atoms with E-state index in [-0.39, 0.29) is 25.2 Å². The molecule has 1 heterocycles. The summed E-state index contributed by atoms with van der Waals surface area (Å²) in [4.78, 5) is 24.8. The van der Waals surface area contributed by atoms with Gasteiger partial charge >= 0.3 is 6.03 Å². The summed E-state index contributed by atoms with van der Waals surface area (Å²) in [5, 5.41) is 4.63. The fourth-order valence-electron chi connectivity index (χ4n) is 2.03.